The number of hydrogen-bond donors (Lipinski definition) is 0. The van der Waals surface area contributed by atoms with E-state index in [2.05, 4.69) is 0 Å². The minimum atomic E-state index is -0.383. The average molecular weight is 251 g/mol. The van der Waals surface area contributed by atoms with Gasteiger partial charge in [0.05, 0.1) is 13.3 Å². The van der Waals surface area contributed by atoms with Crippen LogP contribution in [0.1, 0.15) is 16.8 Å². The van der Waals surface area contributed by atoms with Crippen molar-refractivity contribution in [2.75, 3.05) is 27.4 Å². The standard InChI is InChI=1S/C14H18FNO2/c1-16(2)10-8-14(17)12-4-6-13(7-5-12)18-11-3-9-15/h4-8,10H,3,9,11H2,1-2H3. The molecule has 0 heterocycles. The molecule has 0 aliphatic carbocycles. The minimum absolute atomic E-state index is 0.0565. The van der Waals surface area contributed by atoms with Crippen molar-refractivity contribution in [2.45, 2.75) is 6.42 Å². The third-order valence-corrected chi connectivity index (χ3v) is 2.21. The Balaban J connectivity index is 2.56. The first-order chi connectivity index (χ1) is 8.63. The quantitative estimate of drug-likeness (QED) is 0.424. The summed E-state index contributed by atoms with van der Waals surface area (Å²) in [6.45, 7) is -0.0315. The molecule has 0 aromatic heterocycles. The monoisotopic (exact) mass is 251 g/mol. The molecule has 0 atom stereocenters. The van der Waals surface area contributed by atoms with Gasteiger partial charge >= 0.3 is 0 Å². The van der Waals surface area contributed by atoms with Crippen LogP contribution in [0.5, 0.6) is 5.75 Å². The fraction of sp³-hybridized carbons (Fsp3) is 0.357. The number of allylic oxidation sites excluding steroid dienone is 1. The molecule has 0 unspecified atom stereocenters. The topological polar surface area (TPSA) is 29.5 Å². The van der Waals surface area contributed by atoms with E-state index < -0.39 is 0 Å². The van der Waals surface area contributed by atoms with Crippen molar-refractivity contribution in [3.8, 4) is 5.75 Å². The number of ether oxygens (including phenoxy) is 1. The first-order valence-corrected chi connectivity index (χ1v) is 5.81. The highest BCUT2D eigenvalue weighted by molar-refractivity contribution is 6.04. The second-order valence-electron chi connectivity index (χ2n) is 4.06. The van der Waals surface area contributed by atoms with Crippen LogP contribution in [0.25, 0.3) is 0 Å². The van der Waals surface area contributed by atoms with Crippen molar-refractivity contribution in [2.24, 2.45) is 0 Å². The molecule has 0 fully saturated rings. The first kappa shape index (κ1) is 14.2. The fourth-order valence-electron chi connectivity index (χ4n) is 1.27. The van der Waals surface area contributed by atoms with E-state index in [1.54, 1.807) is 35.4 Å². The van der Waals surface area contributed by atoms with Crippen LogP contribution in [-0.2, 0) is 0 Å². The van der Waals surface area contributed by atoms with Crippen LogP contribution in [0.2, 0.25) is 0 Å². The fourth-order valence-corrected chi connectivity index (χ4v) is 1.27. The van der Waals surface area contributed by atoms with E-state index in [0.29, 0.717) is 24.3 Å². The highest BCUT2D eigenvalue weighted by atomic mass is 19.1. The van der Waals surface area contributed by atoms with Crippen LogP contribution < -0.4 is 4.74 Å². The molecule has 0 bridgehead atoms. The number of rotatable bonds is 7. The summed E-state index contributed by atoms with van der Waals surface area (Å²) in [5.74, 6) is 0.593. The molecule has 0 amide bonds. The second-order valence-corrected chi connectivity index (χ2v) is 4.06. The van der Waals surface area contributed by atoms with Gasteiger partial charge in [-0.25, -0.2) is 0 Å². The van der Waals surface area contributed by atoms with E-state index in [4.69, 9.17) is 4.74 Å². The van der Waals surface area contributed by atoms with Crippen molar-refractivity contribution < 1.29 is 13.9 Å². The Morgan fingerprint density at radius 2 is 2.00 bits per heavy atom. The zero-order valence-corrected chi connectivity index (χ0v) is 10.7. The van der Waals surface area contributed by atoms with E-state index in [1.165, 1.54) is 6.08 Å². The van der Waals surface area contributed by atoms with Gasteiger partial charge < -0.3 is 9.64 Å². The van der Waals surface area contributed by atoms with Crippen LogP contribution in [-0.4, -0.2) is 38.1 Å². The molecule has 98 valence electrons. The summed E-state index contributed by atoms with van der Waals surface area (Å²) in [6, 6.07) is 6.84. The van der Waals surface area contributed by atoms with Crippen LogP contribution in [0.4, 0.5) is 4.39 Å². The Bertz CT molecular complexity index is 399. The molecule has 1 rings (SSSR count). The molecular formula is C14H18FNO2. The number of nitrogens with zero attached hydrogens (tertiary/aromatic N) is 1. The van der Waals surface area contributed by atoms with Gasteiger partial charge in [0.1, 0.15) is 5.75 Å². The smallest absolute Gasteiger partial charge is 0.187 e. The lowest BCUT2D eigenvalue weighted by molar-refractivity contribution is 0.104. The third kappa shape index (κ3) is 4.99. The lowest BCUT2D eigenvalue weighted by Gasteiger charge is -2.05. The van der Waals surface area contributed by atoms with Gasteiger partial charge in [0.25, 0.3) is 0 Å². The molecule has 3 nitrogen and oxygen atoms in total. The number of carbonyl (C=O) groups excluding carboxylic acids is 1. The molecule has 4 heteroatoms. The van der Waals surface area contributed by atoms with Crippen molar-refractivity contribution >= 4 is 5.78 Å². The molecule has 0 spiro atoms. The van der Waals surface area contributed by atoms with Gasteiger partial charge in [0, 0.05) is 38.4 Å². The number of alkyl halides is 1. The highest BCUT2D eigenvalue weighted by Gasteiger charge is 2.02. The van der Waals surface area contributed by atoms with Crippen molar-refractivity contribution in [3.05, 3.63) is 42.1 Å². The lowest BCUT2D eigenvalue weighted by atomic mass is 10.1. The van der Waals surface area contributed by atoms with Gasteiger partial charge in [-0.15, -0.1) is 0 Å². The molecule has 1 aromatic carbocycles. The summed E-state index contributed by atoms with van der Waals surface area (Å²) in [4.78, 5) is 13.5. The Morgan fingerprint density at radius 3 is 2.56 bits per heavy atom. The Kier molecular flexibility index (Phi) is 5.91. The van der Waals surface area contributed by atoms with Crippen molar-refractivity contribution in [1.29, 1.82) is 0 Å². The van der Waals surface area contributed by atoms with Crippen LogP contribution in [0.3, 0.4) is 0 Å². The van der Waals surface area contributed by atoms with Crippen LogP contribution >= 0.6 is 0 Å². The number of ketones is 1. The number of benzene rings is 1. The maximum Gasteiger partial charge on any atom is 0.187 e. The number of hydrogen-bond acceptors (Lipinski definition) is 3. The second kappa shape index (κ2) is 7.48. The highest BCUT2D eigenvalue weighted by Crippen LogP contribution is 2.13. The molecule has 0 radical (unpaired) electrons. The average Bonchev–Trinajstić information content (AvgIpc) is 2.37. The van der Waals surface area contributed by atoms with Crippen molar-refractivity contribution in [3.63, 3.8) is 0 Å². The maximum absolute atomic E-state index is 11.9. The Labute approximate surface area is 107 Å². The van der Waals surface area contributed by atoms with Gasteiger partial charge in [0.2, 0.25) is 0 Å². The van der Waals surface area contributed by atoms with E-state index in [1.807, 2.05) is 14.1 Å². The minimum Gasteiger partial charge on any atom is -0.493 e. The normalized spacial score (nSPS) is 10.6. The molecular weight excluding hydrogens is 233 g/mol. The summed E-state index contributed by atoms with van der Waals surface area (Å²) in [6.07, 6.45) is 3.60. The SMILES string of the molecule is CN(C)C=CC(=O)c1ccc(OCCCF)cc1. The number of carbonyl (C=O) groups is 1. The molecule has 0 aliphatic rings. The van der Waals surface area contributed by atoms with E-state index in [-0.39, 0.29) is 12.5 Å². The van der Waals surface area contributed by atoms with E-state index in [9.17, 15) is 9.18 Å². The van der Waals surface area contributed by atoms with Gasteiger partial charge in [-0.05, 0) is 24.3 Å². The molecule has 0 saturated heterocycles. The Hall–Kier alpha value is -1.84. The van der Waals surface area contributed by atoms with Gasteiger partial charge in [0.15, 0.2) is 5.78 Å². The third-order valence-electron chi connectivity index (χ3n) is 2.21. The first-order valence-electron chi connectivity index (χ1n) is 5.81. The van der Waals surface area contributed by atoms with Gasteiger partial charge in [-0.2, -0.15) is 0 Å². The maximum atomic E-state index is 11.9. The lowest BCUT2D eigenvalue weighted by Crippen LogP contribution is -2.03. The molecule has 0 N–H and O–H groups in total. The van der Waals surface area contributed by atoms with Crippen LogP contribution in [0.15, 0.2) is 36.5 Å². The van der Waals surface area contributed by atoms with E-state index >= 15 is 0 Å². The van der Waals surface area contributed by atoms with Crippen LogP contribution in [0, 0.1) is 0 Å². The van der Waals surface area contributed by atoms with Crippen molar-refractivity contribution in [1.82, 2.24) is 4.90 Å². The summed E-state index contributed by atoms with van der Waals surface area (Å²) < 4.78 is 17.2. The Morgan fingerprint density at radius 1 is 1.33 bits per heavy atom. The van der Waals surface area contributed by atoms with E-state index in [0.717, 1.165) is 0 Å². The van der Waals surface area contributed by atoms with Gasteiger partial charge in [-0.3, -0.25) is 9.18 Å². The summed E-state index contributed by atoms with van der Waals surface area (Å²) in [5, 5.41) is 0. The predicted molar refractivity (Wildman–Crippen MR) is 69.7 cm³/mol. The molecule has 18 heavy (non-hydrogen) atoms. The summed E-state index contributed by atoms with van der Waals surface area (Å²) in [7, 11) is 3.71. The number of halogens is 1. The predicted octanol–water partition coefficient (Wildman–Crippen LogP) is 2.68. The molecule has 1 aromatic rings. The van der Waals surface area contributed by atoms with Gasteiger partial charge in [-0.1, -0.05) is 0 Å². The zero-order chi connectivity index (χ0) is 13.4. The molecule has 0 saturated carbocycles. The largest absolute Gasteiger partial charge is 0.493 e. The zero-order valence-electron chi connectivity index (χ0n) is 10.7. The molecule has 0 aliphatic heterocycles. The summed E-state index contributed by atoms with van der Waals surface area (Å²) >= 11 is 0. The summed E-state index contributed by atoms with van der Waals surface area (Å²) in [5.41, 5.74) is 0.603.